The summed E-state index contributed by atoms with van der Waals surface area (Å²) in [5, 5.41) is 27.3. The van der Waals surface area contributed by atoms with Crippen molar-refractivity contribution in [2.45, 2.75) is 32.6 Å². The van der Waals surface area contributed by atoms with Crippen LogP contribution < -0.4 is 4.78 Å². The molecule has 1 unspecified atom stereocenters. The number of hydrogen-bond donors (Lipinski definition) is 3. The zero-order valence-corrected chi connectivity index (χ0v) is 9.63. The minimum absolute atomic E-state index is 0.301. The van der Waals surface area contributed by atoms with Gasteiger partial charge < -0.3 is 15.1 Å². The van der Waals surface area contributed by atoms with Crippen molar-refractivity contribution < 1.29 is 15.1 Å². The molecule has 0 aromatic carbocycles. The Bertz CT molecular complexity index is 333. The second-order valence-electron chi connectivity index (χ2n) is 4.39. The van der Waals surface area contributed by atoms with Crippen LogP contribution >= 0.6 is 11.3 Å². The Balaban J connectivity index is 2.13. The highest BCUT2D eigenvalue weighted by Crippen LogP contribution is 2.32. The molecule has 1 aliphatic carbocycles. The fourth-order valence-electron chi connectivity index (χ4n) is 2.28. The predicted molar refractivity (Wildman–Crippen MR) is 62.2 cm³/mol. The average Bonchev–Trinajstić information content (AvgIpc) is 2.59. The fraction of sp³-hybridized carbons (Fsp3) is 0.600. The third-order valence-corrected chi connectivity index (χ3v) is 4.32. The summed E-state index contributed by atoms with van der Waals surface area (Å²) in [6.07, 6.45) is 4.47. The van der Waals surface area contributed by atoms with Gasteiger partial charge in [0.25, 0.3) is 0 Å². The first-order valence-corrected chi connectivity index (χ1v) is 6.25. The molecular formula is C10H16BO3S-. The van der Waals surface area contributed by atoms with Gasteiger partial charge in [0.15, 0.2) is 0 Å². The van der Waals surface area contributed by atoms with E-state index in [9.17, 15) is 0 Å². The Kier molecular flexibility index (Phi) is 2.90. The monoisotopic (exact) mass is 227 g/mol. The molecule has 5 heteroatoms. The van der Waals surface area contributed by atoms with Crippen LogP contribution in [-0.4, -0.2) is 21.8 Å². The molecule has 0 saturated heterocycles. The van der Waals surface area contributed by atoms with Gasteiger partial charge in [-0.2, -0.15) is 11.3 Å². The van der Waals surface area contributed by atoms with Crippen molar-refractivity contribution >= 4 is 22.9 Å². The molecule has 0 spiro atoms. The maximum atomic E-state index is 9.10. The van der Waals surface area contributed by atoms with Crippen molar-refractivity contribution in [1.82, 2.24) is 0 Å². The van der Waals surface area contributed by atoms with Crippen LogP contribution in [0.5, 0.6) is 0 Å². The molecule has 0 bridgehead atoms. The van der Waals surface area contributed by atoms with Crippen LogP contribution in [0.25, 0.3) is 0 Å². The zero-order chi connectivity index (χ0) is 11.1. The van der Waals surface area contributed by atoms with E-state index in [4.69, 9.17) is 15.1 Å². The smallest absolute Gasteiger partial charge is 0.412 e. The first kappa shape index (κ1) is 11.1. The van der Waals surface area contributed by atoms with Gasteiger partial charge in [0.2, 0.25) is 0 Å². The van der Waals surface area contributed by atoms with Crippen molar-refractivity contribution in [3.8, 4) is 0 Å². The zero-order valence-electron chi connectivity index (χ0n) is 8.81. The standard InChI is InChI=1S/C10H16BO3S/c1-2-3-7-4-8-6-10(11(12,13)14)15-9(8)5-7/h6-7,12-14H,2-5H2,1H3/q-1. The number of thiophene rings is 1. The quantitative estimate of drug-likeness (QED) is 0.654. The van der Waals surface area contributed by atoms with Crippen LogP contribution in [0.4, 0.5) is 0 Å². The SMILES string of the molecule is CCCC1Cc2cc([B-](O)(O)O)sc2C1. The molecule has 15 heavy (non-hydrogen) atoms. The normalized spacial score (nSPS) is 20.7. The van der Waals surface area contributed by atoms with E-state index in [1.165, 1.54) is 34.6 Å². The van der Waals surface area contributed by atoms with Crippen LogP contribution in [0, 0.1) is 5.92 Å². The molecule has 3 nitrogen and oxygen atoms in total. The van der Waals surface area contributed by atoms with Gasteiger partial charge in [0.1, 0.15) is 0 Å². The van der Waals surface area contributed by atoms with E-state index in [0.29, 0.717) is 10.7 Å². The third-order valence-electron chi connectivity index (χ3n) is 2.98. The number of rotatable bonds is 3. The molecule has 0 saturated carbocycles. The molecular weight excluding hydrogens is 211 g/mol. The fourth-order valence-corrected chi connectivity index (χ4v) is 3.52. The molecule has 0 radical (unpaired) electrons. The average molecular weight is 227 g/mol. The van der Waals surface area contributed by atoms with E-state index >= 15 is 0 Å². The maximum absolute atomic E-state index is 9.10. The lowest BCUT2D eigenvalue weighted by molar-refractivity contribution is 0.251. The first-order chi connectivity index (χ1) is 7.00. The third kappa shape index (κ3) is 2.26. The summed E-state index contributed by atoms with van der Waals surface area (Å²) in [7, 11) is 0. The Morgan fingerprint density at radius 3 is 2.67 bits per heavy atom. The Morgan fingerprint density at radius 1 is 1.40 bits per heavy atom. The van der Waals surface area contributed by atoms with E-state index < -0.39 is 6.75 Å². The second kappa shape index (κ2) is 3.90. The number of hydrogen-bond acceptors (Lipinski definition) is 4. The van der Waals surface area contributed by atoms with Crippen LogP contribution in [0.1, 0.15) is 30.2 Å². The van der Waals surface area contributed by atoms with Crippen molar-refractivity contribution in [3.05, 3.63) is 16.5 Å². The van der Waals surface area contributed by atoms with E-state index in [2.05, 4.69) is 6.92 Å². The Labute approximate surface area is 93.4 Å². The molecule has 1 aromatic rings. The molecule has 0 amide bonds. The van der Waals surface area contributed by atoms with Crippen molar-refractivity contribution in [2.75, 3.05) is 0 Å². The van der Waals surface area contributed by atoms with E-state index in [1.54, 1.807) is 6.07 Å². The molecule has 1 heterocycles. The second-order valence-corrected chi connectivity index (χ2v) is 5.56. The lowest BCUT2D eigenvalue weighted by atomic mass is 9.78. The van der Waals surface area contributed by atoms with Gasteiger partial charge in [-0.1, -0.05) is 30.6 Å². The molecule has 0 aliphatic heterocycles. The molecule has 3 N–H and O–H groups in total. The summed E-state index contributed by atoms with van der Waals surface area (Å²) in [5.74, 6) is 0.711. The molecule has 1 aromatic heterocycles. The van der Waals surface area contributed by atoms with Gasteiger partial charge >= 0.3 is 6.75 Å². The molecule has 1 aliphatic rings. The highest BCUT2D eigenvalue weighted by Gasteiger charge is 2.27. The summed E-state index contributed by atoms with van der Waals surface area (Å²) < 4.78 is 0.301. The van der Waals surface area contributed by atoms with Crippen LogP contribution in [-0.2, 0) is 12.8 Å². The highest BCUT2D eigenvalue weighted by atomic mass is 32.1. The van der Waals surface area contributed by atoms with Crippen molar-refractivity contribution in [3.63, 3.8) is 0 Å². The Hall–Kier alpha value is -0.355. The summed E-state index contributed by atoms with van der Waals surface area (Å²) in [5.41, 5.74) is 1.19. The maximum Gasteiger partial charge on any atom is 0.412 e. The van der Waals surface area contributed by atoms with Crippen LogP contribution in [0.2, 0.25) is 0 Å². The van der Waals surface area contributed by atoms with E-state index in [-0.39, 0.29) is 0 Å². The van der Waals surface area contributed by atoms with Crippen molar-refractivity contribution in [1.29, 1.82) is 0 Å². The van der Waals surface area contributed by atoms with E-state index in [1.807, 2.05) is 0 Å². The summed E-state index contributed by atoms with van der Waals surface area (Å²) in [6, 6.07) is 1.75. The van der Waals surface area contributed by atoms with Gasteiger partial charge in [-0.15, -0.1) is 0 Å². The number of fused-ring (bicyclic) bond motifs is 1. The summed E-state index contributed by atoms with van der Waals surface area (Å²) in [6.45, 7) is -1.10. The summed E-state index contributed by atoms with van der Waals surface area (Å²) in [4.78, 5) is 1.21. The van der Waals surface area contributed by atoms with E-state index in [0.717, 1.165) is 12.8 Å². The lowest BCUT2D eigenvalue weighted by Crippen LogP contribution is -2.47. The minimum atomic E-state index is -3.28. The first-order valence-electron chi connectivity index (χ1n) is 5.44. The largest absolute Gasteiger partial charge is 0.555 e. The highest BCUT2D eigenvalue weighted by molar-refractivity contribution is 7.23. The van der Waals surface area contributed by atoms with Crippen LogP contribution in [0.15, 0.2) is 6.07 Å². The molecule has 0 fully saturated rings. The topological polar surface area (TPSA) is 60.7 Å². The molecule has 84 valence electrons. The van der Waals surface area contributed by atoms with Gasteiger partial charge in [-0.05, 0) is 24.3 Å². The van der Waals surface area contributed by atoms with Crippen molar-refractivity contribution in [2.24, 2.45) is 5.92 Å². The summed E-state index contributed by atoms with van der Waals surface area (Å²) >= 11 is 1.34. The van der Waals surface area contributed by atoms with Gasteiger partial charge in [-0.25, -0.2) is 0 Å². The van der Waals surface area contributed by atoms with Crippen LogP contribution in [0.3, 0.4) is 0 Å². The lowest BCUT2D eigenvalue weighted by Gasteiger charge is -2.18. The van der Waals surface area contributed by atoms with Gasteiger partial charge in [0.05, 0.1) is 0 Å². The minimum Gasteiger partial charge on any atom is -0.555 e. The Morgan fingerprint density at radius 2 is 2.13 bits per heavy atom. The molecule has 1 atom stereocenters. The van der Waals surface area contributed by atoms with Gasteiger partial charge in [-0.3, -0.25) is 0 Å². The van der Waals surface area contributed by atoms with Gasteiger partial charge in [0, 0.05) is 4.88 Å². The predicted octanol–water partition coefficient (Wildman–Crippen LogP) is 0.386. The molecule has 2 rings (SSSR count).